The van der Waals surface area contributed by atoms with E-state index in [-0.39, 0.29) is 5.56 Å². The molecular weight excluding hydrogens is 628 g/mol. The quantitative estimate of drug-likeness (QED) is 0.171. The number of carbonyl (C=O) groups excluding carboxylic acids is 2. The lowest BCUT2D eigenvalue weighted by atomic mass is 10.1. The summed E-state index contributed by atoms with van der Waals surface area (Å²) in [6, 6.07) is 13.2. The molecule has 12 heteroatoms. The summed E-state index contributed by atoms with van der Waals surface area (Å²) >= 11 is 0. The highest BCUT2D eigenvalue weighted by atomic mass is 19.2. The molecule has 0 aliphatic carbocycles. The van der Waals surface area contributed by atoms with Crippen LogP contribution in [-0.2, 0) is 9.47 Å². The Labute approximate surface area is 274 Å². The van der Waals surface area contributed by atoms with E-state index in [0.29, 0.717) is 41.4 Å². The number of benzene rings is 2. The van der Waals surface area contributed by atoms with Crippen molar-refractivity contribution in [1.82, 2.24) is 9.97 Å². The zero-order valence-corrected chi connectivity index (χ0v) is 26.3. The highest BCUT2D eigenvalue weighted by Crippen LogP contribution is 2.27. The summed E-state index contributed by atoms with van der Waals surface area (Å²) < 4.78 is 63.0. The van der Waals surface area contributed by atoms with Crippen LogP contribution >= 0.6 is 0 Å². The fraction of sp³-hybridized carbons (Fsp3) is 0.222. The summed E-state index contributed by atoms with van der Waals surface area (Å²) in [5.41, 5.74) is 0.340. The average Bonchev–Trinajstić information content (AvgIpc) is 3.49. The Balaban J connectivity index is 0.000000188. The molecule has 2 amide bonds. The summed E-state index contributed by atoms with van der Waals surface area (Å²) in [5, 5.41) is 0. The first-order chi connectivity index (χ1) is 22.7. The molecule has 2 fully saturated rings. The molecule has 0 saturated carbocycles. The smallest absolute Gasteiger partial charge is 0.416 e. The fourth-order valence-corrected chi connectivity index (χ4v) is 4.58. The minimum Gasteiger partial charge on any atom is -0.441 e. The van der Waals surface area contributed by atoms with E-state index in [0.717, 1.165) is 30.3 Å². The van der Waals surface area contributed by atoms with E-state index in [1.807, 2.05) is 27.7 Å². The molecule has 0 bridgehead atoms. The van der Waals surface area contributed by atoms with Gasteiger partial charge in [0.15, 0.2) is 11.6 Å². The van der Waals surface area contributed by atoms with Gasteiger partial charge in [0, 0.05) is 29.1 Å². The number of aromatic nitrogens is 2. The van der Waals surface area contributed by atoms with E-state index in [1.54, 1.807) is 24.3 Å². The van der Waals surface area contributed by atoms with Crippen molar-refractivity contribution in [2.75, 3.05) is 22.9 Å². The fourth-order valence-electron chi connectivity index (χ4n) is 4.58. The van der Waals surface area contributed by atoms with Crippen molar-refractivity contribution in [1.29, 1.82) is 0 Å². The van der Waals surface area contributed by atoms with E-state index < -0.39 is 46.7 Å². The Hall–Kier alpha value is -5.88. The van der Waals surface area contributed by atoms with Gasteiger partial charge < -0.3 is 9.47 Å². The van der Waals surface area contributed by atoms with Crippen molar-refractivity contribution >= 4 is 23.8 Å². The summed E-state index contributed by atoms with van der Waals surface area (Å²) in [6.45, 7) is 8.10. The van der Waals surface area contributed by atoms with Gasteiger partial charge in [-0.2, -0.15) is 0 Å². The van der Waals surface area contributed by atoms with E-state index in [1.165, 1.54) is 28.3 Å². The zero-order valence-electron chi connectivity index (χ0n) is 26.3. The summed E-state index contributed by atoms with van der Waals surface area (Å²) in [5.74, 6) is 8.78. The van der Waals surface area contributed by atoms with Gasteiger partial charge in [-0.3, -0.25) is 9.80 Å². The lowest BCUT2D eigenvalue weighted by Crippen LogP contribution is -2.28. The monoisotopic (exact) mass is 656 g/mol. The molecule has 2 aromatic carbocycles. The molecule has 244 valence electrons. The number of hydrogen-bond donors (Lipinski definition) is 0. The zero-order chi connectivity index (χ0) is 34.6. The highest BCUT2D eigenvalue weighted by molar-refractivity contribution is 5.89. The van der Waals surface area contributed by atoms with Crippen molar-refractivity contribution < 1.29 is 36.6 Å². The highest BCUT2D eigenvalue weighted by Gasteiger charge is 2.39. The first kappa shape index (κ1) is 33.5. The Morgan fingerprint density at radius 2 is 1.08 bits per heavy atom. The number of pyridine rings is 2. The molecule has 0 spiro atoms. The molecule has 48 heavy (non-hydrogen) atoms. The van der Waals surface area contributed by atoms with Gasteiger partial charge in [-0.1, -0.05) is 23.7 Å². The average molecular weight is 657 g/mol. The van der Waals surface area contributed by atoms with Crippen LogP contribution in [0.15, 0.2) is 73.1 Å². The van der Waals surface area contributed by atoms with Crippen LogP contribution < -0.4 is 9.80 Å². The minimum absolute atomic E-state index is 0.0241. The van der Waals surface area contributed by atoms with Crippen LogP contribution in [0.25, 0.3) is 0 Å². The molecular formula is C36H28F4N4O4. The van der Waals surface area contributed by atoms with Gasteiger partial charge in [0.05, 0.1) is 18.7 Å². The van der Waals surface area contributed by atoms with Gasteiger partial charge in [0.25, 0.3) is 0 Å². The molecule has 0 unspecified atom stereocenters. The van der Waals surface area contributed by atoms with Crippen LogP contribution in [0.5, 0.6) is 0 Å². The van der Waals surface area contributed by atoms with Gasteiger partial charge in [-0.05, 0) is 88.4 Å². The SMILES string of the molecule is CC1(C)CN(c2ccc(C#Cc3cc(F)ccc3F)cn2)C(=O)O1.CC1(C)CN(c2ccc(C#Cc3ccc(F)c(F)c3)cn2)C(=O)O1. The van der Waals surface area contributed by atoms with E-state index in [9.17, 15) is 27.2 Å². The number of hydrogen-bond acceptors (Lipinski definition) is 6. The number of halogens is 4. The summed E-state index contributed by atoms with van der Waals surface area (Å²) in [6.07, 6.45) is 2.10. The third-order valence-electron chi connectivity index (χ3n) is 6.84. The Morgan fingerprint density at radius 3 is 1.54 bits per heavy atom. The van der Waals surface area contributed by atoms with Gasteiger partial charge >= 0.3 is 12.2 Å². The Kier molecular flexibility index (Phi) is 9.39. The number of rotatable bonds is 2. The van der Waals surface area contributed by atoms with Crippen LogP contribution in [0.4, 0.5) is 38.8 Å². The van der Waals surface area contributed by atoms with Gasteiger partial charge in [-0.15, -0.1) is 0 Å². The van der Waals surface area contributed by atoms with Gasteiger partial charge in [0.1, 0.15) is 34.5 Å². The molecule has 6 rings (SSSR count). The number of carbonyl (C=O) groups is 2. The number of cyclic esters (lactones) is 2. The van der Waals surface area contributed by atoms with Gasteiger partial charge in [0.2, 0.25) is 0 Å². The van der Waals surface area contributed by atoms with Crippen molar-refractivity contribution in [3.63, 3.8) is 0 Å². The molecule has 2 aromatic heterocycles. The normalized spacial score (nSPS) is 15.7. The molecule has 2 aliphatic heterocycles. The molecule has 0 atom stereocenters. The molecule has 2 saturated heterocycles. The van der Waals surface area contributed by atoms with Crippen molar-refractivity contribution in [3.05, 3.63) is 119 Å². The van der Waals surface area contributed by atoms with Crippen molar-refractivity contribution in [2.45, 2.75) is 38.9 Å². The largest absolute Gasteiger partial charge is 0.441 e. The Morgan fingerprint density at radius 1 is 0.604 bits per heavy atom. The van der Waals surface area contributed by atoms with Crippen LogP contribution in [0.3, 0.4) is 0 Å². The predicted octanol–water partition coefficient (Wildman–Crippen LogP) is 6.99. The Bertz CT molecular complexity index is 1990. The second-order valence-electron chi connectivity index (χ2n) is 12.0. The van der Waals surface area contributed by atoms with Crippen LogP contribution in [0.2, 0.25) is 0 Å². The summed E-state index contributed by atoms with van der Waals surface area (Å²) in [7, 11) is 0. The maximum atomic E-state index is 13.5. The van der Waals surface area contributed by atoms with E-state index in [2.05, 4.69) is 33.6 Å². The second-order valence-corrected chi connectivity index (χ2v) is 12.0. The number of anilines is 2. The van der Waals surface area contributed by atoms with E-state index >= 15 is 0 Å². The maximum Gasteiger partial charge on any atom is 0.416 e. The second kappa shape index (κ2) is 13.5. The molecule has 0 radical (unpaired) electrons. The van der Waals surface area contributed by atoms with E-state index in [4.69, 9.17) is 9.47 Å². The third kappa shape index (κ3) is 8.28. The molecule has 0 N–H and O–H groups in total. The molecule has 8 nitrogen and oxygen atoms in total. The van der Waals surface area contributed by atoms with Gasteiger partial charge in [-0.25, -0.2) is 37.1 Å². The lowest BCUT2D eigenvalue weighted by molar-refractivity contribution is 0.0860. The number of nitrogens with zero attached hydrogens (tertiary/aromatic N) is 4. The minimum atomic E-state index is -0.939. The predicted molar refractivity (Wildman–Crippen MR) is 169 cm³/mol. The molecule has 2 aliphatic rings. The first-order valence-corrected chi connectivity index (χ1v) is 14.6. The maximum absolute atomic E-state index is 13.5. The van der Waals surface area contributed by atoms with Crippen LogP contribution in [0.1, 0.15) is 49.9 Å². The molecule has 4 aromatic rings. The number of amides is 2. The topological polar surface area (TPSA) is 84.9 Å². The number of ether oxygens (including phenoxy) is 2. The van der Waals surface area contributed by atoms with Crippen molar-refractivity contribution in [2.24, 2.45) is 0 Å². The summed E-state index contributed by atoms with van der Waals surface area (Å²) in [4.78, 5) is 34.9. The van der Waals surface area contributed by atoms with Crippen LogP contribution in [-0.4, -0.2) is 46.4 Å². The first-order valence-electron chi connectivity index (χ1n) is 14.6. The lowest BCUT2D eigenvalue weighted by Gasteiger charge is -2.14. The van der Waals surface area contributed by atoms with Crippen LogP contribution in [0, 0.1) is 47.0 Å². The van der Waals surface area contributed by atoms with Crippen molar-refractivity contribution in [3.8, 4) is 23.7 Å². The molecule has 4 heterocycles. The third-order valence-corrected chi connectivity index (χ3v) is 6.84. The standard InChI is InChI=1S/2C18H14F2N2O2/c1-18(2)11-22(17(23)24-18)16-8-4-12(10-21-16)3-5-13-9-14(19)6-7-15(13)20;1-18(2)11-22(17(23)24-18)16-8-6-13(10-21-16)4-3-12-5-7-14(19)15(20)9-12/h4,6-10H,11H2,1-2H3;5-10H,11H2,1-2H3.